The van der Waals surface area contributed by atoms with Crippen LogP contribution in [-0.2, 0) is 0 Å². The Labute approximate surface area is 164 Å². The first-order chi connectivity index (χ1) is 12.9. The average Bonchev–Trinajstić information content (AvgIpc) is 3.04. The van der Waals surface area contributed by atoms with Crippen LogP contribution in [0, 0.1) is 0 Å². The molecule has 2 aromatic carbocycles. The maximum absolute atomic E-state index is 12.1. The molecule has 1 heterocycles. The standard InChI is InChI=1S/C19H15ClN2O4S/c1-10(21-22-19(26)12-4-7-15(23)16(24)8-12)14-9-27-18(17(14)25)11-2-5-13(20)6-3-11/h2-9,23-25H,1H3,(H,22,26)/b21-10+. The molecule has 3 rings (SSSR count). The summed E-state index contributed by atoms with van der Waals surface area (Å²) >= 11 is 7.24. The summed E-state index contributed by atoms with van der Waals surface area (Å²) in [5, 5.41) is 35.6. The van der Waals surface area contributed by atoms with Gasteiger partial charge in [0.1, 0.15) is 5.75 Å². The first-order valence-corrected chi connectivity index (χ1v) is 9.06. The van der Waals surface area contributed by atoms with Gasteiger partial charge in [0.25, 0.3) is 5.91 Å². The van der Waals surface area contributed by atoms with Gasteiger partial charge in [-0.2, -0.15) is 5.10 Å². The van der Waals surface area contributed by atoms with E-state index in [1.165, 1.54) is 23.5 Å². The van der Waals surface area contributed by atoms with E-state index in [-0.39, 0.29) is 17.1 Å². The zero-order valence-corrected chi connectivity index (χ0v) is 15.7. The number of amides is 1. The second-order valence-electron chi connectivity index (χ2n) is 5.68. The smallest absolute Gasteiger partial charge is 0.271 e. The summed E-state index contributed by atoms with van der Waals surface area (Å²) in [5.74, 6) is -1.20. The first kappa shape index (κ1) is 18.8. The van der Waals surface area contributed by atoms with Crippen molar-refractivity contribution in [3.63, 3.8) is 0 Å². The number of hydrazone groups is 1. The molecule has 8 heteroatoms. The van der Waals surface area contributed by atoms with Crippen molar-refractivity contribution in [1.29, 1.82) is 0 Å². The highest BCUT2D eigenvalue weighted by Crippen LogP contribution is 2.39. The summed E-state index contributed by atoms with van der Waals surface area (Å²) in [6, 6.07) is 10.8. The number of benzene rings is 2. The molecule has 0 unspecified atom stereocenters. The van der Waals surface area contributed by atoms with Gasteiger partial charge in [-0.05, 0) is 42.8 Å². The van der Waals surface area contributed by atoms with Gasteiger partial charge >= 0.3 is 0 Å². The summed E-state index contributed by atoms with van der Waals surface area (Å²) in [7, 11) is 0. The Morgan fingerprint density at radius 3 is 2.44 bits per heavy atom. The second-order valence-corrected chi connectivity index (χ2v) is 6.99. The fraction of sp³-hybridized carbons (Fsp3) is 0.0526. The molecule has 0 saturated carbocycles. The van der Waals surface area contributed by atoms with Gasteiger partial charge in [0.15, 0.2) is 11.5 Å². The molecule has 0 atom stereocenters. The van der Waals surface area contributed by atoms with Crippen molar-refractivity contribution >= 4 is 34.6 Å². The average molecular weight is 403 g/mol. The number of carbonyl (C=O) groups is 1. The van der Waals surface area contributed by atoms with Crippen molar-refractivity contribution < 1.29 is 20.1 Å². The Hall–Kier alpha value is -3.03. The largest absolute Gasteiger partial charge is 0.506 e. The van der Waals surface area contributed by atoms with E-state index in [1.807, 2.05) is 12.1 Å². The van der Waals surface area contributed by atoms with Gasteiger partial charge < -0.3 is 15.3 Å². The SMILES string of the molecule is C/C(=N\NC(=O)c1ccc(O)c(O)c1)c1csc(-c2ccc(Cl)cc2)c1O. The third kappa shape index (κ3) is 4.05. The lowest BCUT2D eigenvalue weighted by Crippen LogP contribution is -2.19. The number of halogens is 1. The third-order valence-electron chi connectivity index (χ3n) is 3.82. The van der Waals surface area contributed by atoms with Crippen molar-refractivity contribution in [3.8, 4) is 27.7 Å². The first-order valence-electron chi connectivity index (χ1n) is 7.80. The summed E-state index contributed by atoms with van der Waals surface area (Å²) in [5.41, 5.74) is 4.24. The molecule has 1 aromatic heterocycles. The summed E-state index contributed by atoms with van der Waals surface area (Å²) in [6.45, 7) is 1.65. The number of hydrogen-bond donors (Lipinski definition) is 4. The van der Waals surface area contributed by atoms with Crippen LogP contribution in [0.15, 0.2) is 52.9 Å². The highest BCUT2D eigenvalue weighted by Gasteiger charge is 2.15. The molecule has 0 spiro atoms. The lowest BCUT2D eigenvalue weighted by Gasteiger charge is -2.04. The third-order valence-corrected chi connectivity index (χ3v) is 5.09. The van der Waals surface area contributed by atoms with Gasteiger partial charge in [0, 0.05) is 16.0 Å². The fourth-order valence-electron chi connectivity index (χ4n) is 2.34. The van der Waals surface area contributed by atoms with Gasteiger partial charge in [-0.15, -0.1) is 11.3 Å². The monoisotopic (exact) mass is 402 g/mol. The number of nitrogens with one attached hydrogen (secondary N) is 1. The van der Waals surface area contributed by atoms with E-state index in [4.69, 9.17) is 11.6 Å². The number of nitrogens with zero attached hydrogens (tertiary/aromatic N) is 1. The Morgan fingerprint density at radius 1 is 1.07 bits per heavy atom. The number of hydrogen-bond acceptors (Lipinski definition) is 6. The molecule has 0 fully saturated rings. The number of aromatic hydroxyl groups is 3. The van der Waals surface area contributed by atoms with Gasteiger partial charge in [0.05, 0.1) is 16.2 Å². The summed E-state index contributed by atoms with van der Waals surface area (Å²) < 4.78 is 0. The molecule has 0 aliphatic rings. The van der Waals surface area contributed by atoms with Crippen molar-refractivity contribution in [2.45, 2.75) is 6.92 Å². The van der Waals surface area contributed by atoms with Crippen molar-refractivity contribution in [1.82, 2.24) is 5.43 Å². The molecule has 0 aliphatic heterocycles. The highest BCUT2D eigenvalue weighted by molar-refractivity contribution is 7.14. The number of phenols is 2. The predicted molar refractivity (Wildman–Crippen MR) is 106 cm³/mol. The van der Waals surface area contributed by atoms with Gasteiger partial charge in [-0.3, -0.25) is 4.79 Å². The van der Waals surface area contributed by atoms with Crippen molar-refractivity contribution in [3.05, 3.63) is 64.0 Å². The quantitative estimate of drug-likeness (QED) is 0.296. The Morgan fingerprint density at radius 2 is 1.78 bits per heavy atom. The number of thiophene rings is 1. The van der Waals surface area contributed by atoms with E-state index >= 15 is 0 Å². The van der Waals surface area contributed by atoms with Crippen LogP contribution in [0.1, 0.15) is 22.8 Å². The minimum absolute atomic E-state index is 0.0695. The maximum atomic E-state index is 12.1. The Bertz CT molecular complexity index is 1030. The van der Waals surface area contributed by atoms with Crippen LogP contribution in [0.25, 0.3) is 10.4 Å². The van der Waals surface area contributed by atoms with Crippen LogP contribution in [0.5, 0.6) is 17.2 Å². The molecule has 0 aliphatic carbocycles. The molecule has 138 valence electrons. The number of carbonyl (C=O) groups excluding carboxylic acids is 1. The van der Waals surface area contributed by atoms with Gasteiger partial charge in [-0.25, -0.2) is 5.43 Å². The lowest BCUT2D eigenvalue weighted by atomic mass is 10.1. The molecule has 0 bridgehead atoms. The topological polar surface area (TPSA) is 102 Å². The highest BCUT2D eigenvalue weighted by atomic mass is 35.5. The van der Waals surface area contributed by atoms with E-state index in [9.17, 15) is 20.1 Å². The van der Waals surface area contributed by atoms with Crippen LogP contribution >= 0.6 is 22.9 Å². The number of rotatable bonds is 4. The summed E-state index contributed by atoms with van der Waals surface area (Å²) in [6.07, 6.45) is 0. The van der Waals surface area contributed by atoms with Crippen LogP contribution in [0.2, 0.25) is 5.02 Å². The minimum Gasteiger partial charge on any atom is -0.506 e. The zero-order chi connectivity index (χ0) is 19.6. The van der Waals surface area contributed by atoms with E-state index < -0.39 is 11.7 Å². The summed E-state index contributed by atoms with van der Waals surface area (Å²) in [4.78, 5) is 12.8. The van der Waals surface area contributed by atoms with Crippen LogP contribution in [0.3, 0.4) is 0 Å². The van der Waals surface area contributed by atoms with Gasteiger partial charge in [-0.1, -0.05) is 23.7 Å². The van der Waals surface area contributed by atoms with Crippen LogP contribution in [-0.4, -0.2) is 26.9 Å². The molecule has 4 N–H and O–H groups in total. The molecular weight excluding hydrogens is 388 g/mol. The predicted octanol–water partition coefficient (Wildman–Crippen LogP) is 4.34. The molecule has 0 radical (unpaired) electrons. The molecule has 27 heavy (non-hydrogen) atoms. The lowest BCUT2D eigenvalue weighted by molar-refractivity contribution is 0.0954. The van der Waals surface area contributed by atoms with Crippen molar-refractivity contribution in [2.75, 3.05) is 0 Å². The van der Waals surface area contributed by atoms with Crippen LogP contribution < -0.4 is 5.43 Å². The fourth-order valence-corrected chi connectivity index (χ4v) is 3.48. The van der Waals surface area contributed by atoms with E-state index in [0.717, 1.165) is 11.6 Å². The van der Waals surface area contributed by atoms with Crippen molar-refractivity contribution in [2.24, 2.45) is 5.10 Å². The van der Waals surface area contributed by atoms with E-state index in [0.29, 0.717) is 21.2 Å². The Balaban J connectivity index is 1.79. The minimum atomic E-state index is -0.558. The number of phenolic OH excluding ortho intramolecular Hbond substituents is 2. The molecule has 3 aromatic rings. The molecular formula is C19H15ClN2O4S. The normalized spacial score (nSPS) is 11.4. The molecule has 6 nitrogen and oxygen atoms in total. The van der Waals surface area contributed by atoms with E-state index in [1.54, 1.807) is 24.4 Å². The zero-order valence-electron chi connectivity index (χ0n) is 14.1. The second kappa shape index (κ2) is 7.69. The van der Waals surface area contributed by atoms with E-state index in [2.05, 4.69) is 10.5 Å². The Kier molecular flexibility index (Phi) is 5.34. The van der Waals surface area contributed by atoms with Crippen LogP contribution in [0.4, 0.5) is 0 Å². The molecule has 0 saturated heterocycles. The van der Waals surface area contributed by atoms with Gasteiger partial charge in [0.2, 0.25) is 0 Å². The molecule has 1 amide bonds. The maximum Gasteiger partial charge on any atom is 0.271 e.